The Kier molecular flexibility index (Phi) is 7.95. The van der Waals surface area contributed by atoms with Crippen molar-refractivity contribution in [3.8, 4) is 0 Å². The third-order valence-corrected chi connectivity index (χ3v) is 11.2. The van der Waals surface area contributed by atoms with Gasteiger partial charge in [0.25, 0.3) is 5.91 Å². The highest BCUT2D eigenvalue weighted by atomic mass is 79.9. The largest absolute Gasteiger partial charge is 0.415 e. The Morgan fingerprint density at radius 3 is 2.46 bits per heavy atom. The van der Waals surface area contributed by atoms with Crippen LogP contribution >= 0.6 is 27.3 Å². The SMILES string of the molecule is CCCCC[Si](C)(CCCC)OCCN1C(=O)c2cc(Br)sc2C1(C)C. The first-order valence-corrected chi connectivity index (χ1v) is 14.4. The van der Waals surface area contributed by atoms with Crippen molar-refractivity contribution in [1.82, 2.24) is 4.90 Å². The van der Waals surface area contributed by atoms with Gasteiger partial charge in [-0.2, -0.15) is 0 Å². The summed E-state index contributed by atoms with van der Waals surface area (Å²) in [5.41, 5.74) is 0.622. The summed E-state index contributed by atoms with van der Waals surface area (Å²) in [5, 5.41) is 0. The number of hydrogen-bond donors (Lipinski definition) is 0. The molecule has 26 heavy (non-hydrogen) atoms. The normalized spacial score (nSPS) is 18.2. The Hall–Kier alpha value is -0.173. The molecule has 1 atom stereocenters. The van der Waals surface area contributed by atoms with Crippen molar-refractivity contribution < 1.29 is 9.22 Å². The highest BCUT2D eigenvalue weighted by Crippen LogP contribution is 2.44. The second kappa shape index (κ2) is 9.35. The summed E-state index contributed by atoms with van der Waals surface area (Å²) >= 11 is 5.20. The van der Waals surface area contributed by atoms with Crippen LogP contribution in [0.1, 0.15) is 75.0 Å². The minimum Gasteiger partial charge on any atom is -0.415 e. The molecule has 1 aliphatic heterocycles. The number of hydrogen-bond acceptors (Lipinski definition) is 3. The predicted molar refractivity (Wildman–Crippen MR) is 118 cm³/mol. The number of rotatable bonds is 11. The molecule has 1 unspecified atom stereocenters. The van der Waals surface area contributed by atoms with E-state index >= 15 is 0 Å². The molecule has 0 saturated carbocycles. The van der Waals surface area contributed by atoms with E-state index < -0.39 is 8.32 Å². The highest BCUT2D eigenvalue weighted by Gasteiger charge is 2.44. The van der Waals surface area contributed by atoms with Crippen LogP contribution in [0.15, 0.2) is 9.85 Å². The predicted octanol–water partition coefficient (Wildman–Crippen LogP) is 6.78. The van der Waals surface area contributed by atoms with Crippen LogP contribution in [0.4, 0.5) is 0 Å². The van der Waals surface area contributed by atoms with Gasteiger partial charge in [0.05, 0.1) is 21.5 Å². The minimum absolute atomic E-state index is 0.151. The third kappa shape index (κ3) is 5.00. The van der Waals surface area contributed by atoms with Crippen LogP contribution < -0.4 is 0 Å². The van der Waals surface area contributed by atoms with Gasteiger partial charge in [-0.25, -0.2) is 0 Å². The summed E-state index contributed by atoms with van der Waals surface area (Å²) in [4.78, 5) is 16.0. The van der Waals surface area contributed by atoms with E-state index in [1.807, 2.05) is 11.0 Å². The molecule has 0 aliphatic carbocycles. The Balaban J connectivity index is 1.96. The third-order valence-electron chi connectivity index (χ3n) is 5.54. The van der Waals surface area contributed by atoms with Gasteiger partial charge in [-0.1, -0.05) is 46.0 Å². The summed E-state index contributed by atoms with van der Waals surface area (Å²) < 4.78 is 7.56. The van der Waals surface area contributed by atoms with E-state index in [1.54, 1.807) is 11.3 Å². The van der Waals surface area contributed by atoms with Crippen molar-refractivity contribution in [2.24, 2.45) is 0 Å². The van der Waals surface area contributed by atoms with Crippen LogP contribution in [0.3, 0.4) is 0 Å². The molecule has 6 heteroatoms. The number of amides is 1. The van der Waals surface area contributed by atoms with Gasteiger partial charge >= 0.3 is 0 Å². The molecule has 1 amide bonds. The van der Waals surface area contributed by atoms with Gasteiger partial charge in [0.1, 0.15) is 0 Å². The average Bonchev–Trinajstić information content (AvgIpc) is 3.05. The van der Waals surface area contributed by atoms with E-state index in [-0.39, 0.29) is 11.4 Å². The number of carbonyl (C=O) groups excluding carboxylic acids is 1. The van der Waals surface area contributed by atoms with Crippen LogP contribution in [0.5, 0.6) is 0 Å². The number of fused-ring (bicyclic) bond motifs is 1. The maximum Gasteiger partial charge on any atom is 0.255 e. The van der Waals surface area contributed by atoms with E-state index in [0.717, 1.165) is 9.35 Å². The van der Waals surface area contributed by atoms with Gasteiger partial charge in [0, 0.05) is 11.4 Å². The van der Waals surface area contributed by atoms with Crippen LogP contribution in [0.25, 0.3) is 0 Å². The fourth-order valence-corrected chi connectivity index (χ4v) is 8.75. The highest BCUT2D eigenvalue weighted by molar-refractivity contribution is 9.11. The second-order valence-electron chi connectivity index (χ2n) is 8.17. The van der Waals surface area contributed by atoms with Gasteiger partial charge in [0.15, 0.2) is 8.32 Å². The summed E-state index contributed by atoms with van der Waals surface area (Å²) in [6, 6.07) is 4.46. The maximum absolute atomic E-state index is 12.8. The molecule has 2 rings (SSSR count). The van der Waals surface area contributed by atoms with Gasteiger partial charge in [0.2, 0.25) is 0 Å². The number of thiophene rings is 1. The Morgan fingerprint density at radius 2 is 1.85 bits per heavy atom. The molecule has 3 nitrogen and oxygen atoms in total. The Morgan fingerprint density at radius 1 is 1.19 bits per heavy atom. The van der Waals surface area contributed by atoms with E-state index in [1.165, 1.54) is 49.1 Å². The molecule has 0 fully saturated rings. The molecule has 0 radical (unpaired) electrons. The lowest BCUT2D eigenvalue weighted by atomic mass is 10.0. The summed E-state index contributed by atoms with van der Waals surface area (Å²) in [5.74, 6) is 0.151. The standard InChI is InChI=1S/C20H34BrNO2SSi/c1-6-8-10-14-26(5,13-9-7-2)24-12-11-22-19(23)16-15-17(21)25-18(16)20(22,3)4/h15H,6-14H2,1-5H3. The molecule has 1 aromatic heterocycles. The summed E-state index contributed by atoms with van der Waals surface area (Å²) in [6.45, 7) is 12.6. The number of nitrogens with zero attached hydrogens (tertiary/aromatic N) is 1. The van der Waals surface area contributed by atoms with E-state index in [2.05, 4.69) is 50.2 Å². The summed E-state index contributed by atoms with van der Waals surface area (Å²) in [7, 11) is -1.66. The molecule has 0 bridgehead atoms. The van der Waals surface area contributed by atoms with E-state index in [0.29, 0.717) is 13.2 Å². The van der Waals surface area contributed by atoms with Crippen LogP contribution in [0, 0.1) is 0 Å². The topological polar surface area (TPSA) is 29.5 Å². The minimum atomic E-state index is -1.66. The molecule has 2 heterocycles. The fourth-order valence-electron chi connectivity index (χ4n) is 3.83. The Bertz CT molecular complexity index is 619. The molecular weight excluding hydrogens is 426 g/mol. The number of carbonyl (C=O) groups is 1. The lowest BCUT2D eigenvalue weighted by molar-refractivity contribution is 0.0573. The van der Waals surface area contributed by atoms with Crippen LogP contribution in [-0.2, 0) is 9.96 Å². The molecular formula is C20H34BrNO2SSi. The first kappa shape index (κ1) is 22.1. The molecule has 0 saturated heterocycles. The number of halogens is 1. The van der Waals surface area contributed by atoms with Crippen LogP contribution in [0.2, 0.25) is 18.6 Å². The zero-order valence-electron chi connectivity index (χ0n) is 17.0. The molecule has 148 valence electrons. The average molecular weight is 461 g/mol. The lowest BCUT2D eigenvalue weighted by Crippen LogP contribution is -2.43. The van der Waals surface area contributed by atoms with Gasteiger partial charge in [-0.05, 0) is 54.5 Å². The quantitative estimate of drug-likeness (QED) is 0.269. The van der Waals surface area contributed by atoms with Crippen LogP contribution in [-0.4, -0.2) is 32.3 Å². The van der Waals surface area contributed by atoms with Crippen molar-refractivity contribution in [2.45, 2.75) is 84.0 Å². The molecule has 0 spiro atoms. The van der Waals surface area contributed by atoms with Gasteiger partial charge in [-0.3, -0.25) is 4.79 Å². The van der Waals surface area contributed by atoms with Crippen molar-refractivity contribution in [3.05, 3.63) is 20.3 Å². The van der Waals surface area contributed by atoms with E-state index in [9.17, 15) is 4.79 Å². The zero-order valence-corrected chi connectivity index (χ0v) is 20.4. The second-order valence-corrected chi connectivity index (χ2v) is 14.8. The monoisotopic (exact) mass is 459 g/mol. The zero-order chi connectivity index (χ0) is 19.4. The first-order valence-electron chi connectivity index (χ1n) is 10.0. The number of unbranched alkanes of at least 4 members (excludes halogenated alkanes) is 3. The van der Waals surface area contributed by atoms with Crippen molar-refractivity contribution in [1.29, 1.82) is 0 Å². The molecule has 0 N–H and O–H groups in total. The van der Waals surface area contributed by atoms with Crippen molar-refractivity contribution >= 4 is 41.5 Å². The van der Waals surface area contributed by atoms with Crippen molar-refractivity contribution in [2.75, 3.05) is 13.2 Å². The van der Waals surface area contributed by atoms with E-state index in [4.69, 9.17) is 4.43 Å². The lowest BCUT2D eigenvalue weighted by Gasteiger charge is -2.34. The molecule has 1 aromatic rings. The molecule has 1 aliphatic rings. The molecule has 0 aromatic carbocycles. The summed E-state index contributed by atoms with van der Waals surface area (Å²) in [6.07, 6.45) is 6.32. The first-order chi connectivity index (χ1) is 12.2. The fraction of sp³-hybridized carbons (Fsp3) is 0.750. The Labute approximate surface area is 172 Å². The van der Waals surface area contributed by atoms with Gasteiger partial charge in [-0.15, -0.1) is 11.3 Å². The van der Waals surface area contributed by atoms with Crippen molar-refractivity contribution in [3.63, 3.8) is 0 Å². The smallest absolute Gasteiger partial charge is 0.255 e. The maximum atomic E-state index is 12.8. The van der Waals surface area contributed by atoms with Gasteiger partial charge < -0.3 is 9.33 Å².